The molecule has 0 amide bonds. The second-order valence-electron chi connectivity index (χ2n) is 6.81. The van der Waals surface area contributed by atoms with Gasteiger partial charge in [-0.2, -0.15) is 0 Å². The van der Waals surface area contributed by atoms with Crippen LogP contribution in [0, 0.1) is 0 Å². The largest absolute Gasteiger partial charge is 0.481 e. The van der Waals surface area contributed by atoms with E-state index in [4.69, 9.17) is 4.74 Å². The third-order valence-corrected chi connectivity index (χ3v) is 4.70. The summed E-state index contributed by atoms with van der Waals surface area (Å²) in [7, 11) is 0. The van der Waals surface area contributed by atoms with Crippen molar-refractivity contribution in [2.24, 2.45) is 0 Å². The average molecular weight is 317 g/mol. The molecule has 4 rings (SSSR count). The first-order valence-electron chi connectivity index (χ1n) is 8.19. The van der Waals surface area contributed by atoms with E-state index in [1.54, 1.807) is 12.4 Å². The zero-order valence-corrected chi connectivity index (χ0v) is 13.9. The molecule has 24 heavy (non-hydrogen) atoms. The number of carbonyl (C=O) groups excluding carboxylic acids is 1. The molecule has 1 aliphatic heterocycles. The van der Waals surface area contributed by atoms with E-state index < -0.39 is 5.60 Å². The van der Waals surface area contributed by atoms with E-state index in [0.717, 1.165) is 28.0 Å². The van der Waals surface area contributed by atoms with Gasteiger partial charge in [0.25, 0.3) is 0 Å². The normalized spacial score (nSPS) is 17.7. The number of fused-ring (bicyclic) bond motifs is 2. The van der Waals surface area contributed by atoms with Crippen LogP contribution < -0.4 is 4.74 Å². The molecule has 0 N–H and O–H groups in total. The SMILES string of the molecule is CC1(C)Oc2cnccc2C2=C1C=C(C(=O)Cc1ccccc1)C2. The quantitative estimate of drug-likeness (QED) is 0.854. The Kier molecular flexibility index (Phi) is 3.38. The third-order valence-electron chi connectivity index (χ3n) is 4.70. The molecule has 0 bridgehead atoms. The standard InChI is InChI=1S/C21H19NO2/c1-21(2)18-12-15(19(23)10-14-6-4-3-5-7-14)11-17(18)16-8-9-22-13-20(16)24-21/h3-9,12-13H,10-11H2,1-2H3. The highest BCUT2D eigenvalue weighted by atomic mass is 16.5. The second kappa shape index (κ2) is 5.45. The molecule has 1 aromatic heterocycles. The van der Waals surface area contributed by atoms with Crippen molar-refractivity contribution in [2.45, 2.75) is 32.3 Å². The van der Waals surface area contributed by atoms with E-state index in [1.165, 1.54) is 5.57 Å². The van der Waals surface area contributed by atoms with Crippen LogP contribution in [0.2, 0.25) is 0 Å². The van der Waals surface area contributed by atoms with Crippen molar-refractivity contribution < 1.29 is 9.53 Å². The predicted octanol–water partition coefficient (Wildman–Crippen LogP) is 4.15. The van der Waals surface area contributed by atoms with Gasteiger partial charge in [0.1, 0.15) is 11.4 Å². The molecule has 120 valence electrons. The van der Waals surface area contributed by atoms with Crippen molar-refractivity contribution >= 4 is 11.4 Å². The number of pyridine rings is 1. The number of benzene rings is 1. The molecule has 2 aliphatic rings. The molecule has 3 nitrogen and oxygen atoms in total. The van der Waals surface area contributed by atoms with Gasteiger partial charge in [-0.25, -0.2) is 0 Å². The molecular weight excluding hydrogens is 298 g/mol. The molecule has 0 saturated heterocycles. The topological polar surface area (TPSA) is 39.2 Å². The van der Waals surface area contributed by atoms with Crippen molar-refractivity contribution in [3.8, 4) is 5.75 Å². The van der Waals surface area contributed by atoms with E-state index in [-0.39, 0.29) is 5.78 Å². The molecule has 1 aromatic carbocycles. The van der Waals surface area contributed by atoms with E-state index in [0.29, 0.717) is 12.8 Å². The highest BCUT2D eigenvalue weighted by Crippen LogP contribution is 2.47. The van der Waals surface area contributed by atoms with E-state index >= 15 is 0 Å². The molecule has 0 unspecified atom stereocenters. The zero-order chi connectivity index (χ0) is 16.7. The smallest absolute Gasteiger partial charge is 0.163 e. The number of ether oxygens (including phenoxy) is 1. The maximum Gasteiger partial charge on any atom is 0.163 e. The van der Waals surface area contributed by atoms with Crippen LogP contribution in [0.3, 0.4) is 0 Å². The fourth-order valence-corrected chi connectivity index (χ4v) is 3.49. The van der Waals surface area contributed by atoms with Gasteiger partial charge in [0.2, 0.25) is 0 Å². The molecule has 0 saturated carbocycles. The molecule has 3 heteroatoms. The minimum Gasteiger partial charge on any atom is -0.481 e. The van der Waals surface area contributed by atoms with Crippen LogP contribution in [0.25, 0.3) is 5.57 Å². The maximum atomic E-state index is 12.7. The summed E-state index contributed by atoms with van der Waals surface area (Å²) in [5.41, 5.74) is 4.83. The fraction of sp³-hybridized carbons (Fsp3) is 0.238. The molecule has 0 spiro atoms. The second-order valence-corrected chi connectivity index (χ2v) is 6.81. The van der Waals surface area contributed by atoms with Crippen molar-refractivity contribution in [1.29, 1.82) is 0 Å². The molecule has 2 heterocycles. The summed E-state index contributed by atoms with van der Waals surface area (Å²) in [6.45, 7) is 4.08. The number of allylic oxidation sites excluding steroid dienone is 2. The van der Waals surface area contributed by atoms with Crippen LogP contribution in [-0.2, 0) is 11.2 Å². The van der Waals surface area contributed by atoms with Gasteiger partial charge in [0, 0.05) is 30.2 Å². The Labute approximate surface area is 141 Å². The molecular formula is C21H19NO2. The number of nitrogens with zero attached hydrogens (tertiary/aromatic N) is 1. The number of rotatable bonds is 3. The van der Waals surface area contributed by atoms with Crippen molar-refractivity contribution in [3.05, 3.63) is 77.1 Å². The maximum absolute atomic E-state index is 12.7. The van der Waals surface area contributed by atoms with Crippen LogP contribution in [0.5, 0.6) is 5.75 Å². The summed E-state index contributed by atoms with van der Waals surface area (Å²) in [5, 5.41) is 0. The highest BCUT2D eigenvalue weighted by Gasteiger charge is 2.37. The Morgan fingerprint density at radius 1 is 1.21 bits per heavy atom. The number of hydrogen-bond acceptors (Lipinski definition) is 3. The Morgan fingerprint density at radius 2 is 2.00 bits per heavy atom. The summed E-state index contributed by atoms with van der Waals surface area (Å²) in [5.74, 6) is 0.980. The number of aromatic nitrogens is 1. The van der Waals surface area contributed by atoms with Gasteiger partial charge in [-0.1, -0.05) is 30.3 Å². The summed E-state index contributed by atoms with van der Waals surface area (Å²) in [4.78, 5) is 16.9. The minimum atomic E-state index is -0.444. The molecule has 0 fully saturated rings. The lowest BCUT2D eigenvalue weighted by Gasteiger charge is -2.33. The van der Waals surface area contributed by atoms with Crippen LogP contribution in [0.1, 0.15) is 31.4 Å². The van der Waals surface area contributed by atoms with Crippen molar-refractivity contribution in [1.82, 2.24) is 4.98 Å². The number of Topliss-reactive ketones (excluding diaryl/α,β-unsaturated/α-hetero) is 1. The van der Waals surface area contributed by atoms with Crippen LogP contribution in [0.4, 0.5) is 0 Å². The van der Waals surface area contributed by atoms with Crippen LogP contribution in [-0.4, -0.2) is 16.4 Å². The van der Waals surface area contributed by atoms with Gasteiger partial charge in [-0.15, -0.1) is 0 Å². The van der Waals surface area contributed by atoms with Crippen molar-refractivity contribution in [3.63, 3.8) is 0 Å². The monoisotopic (exact) mass is 317 g/mol. The number of hydrogen-bond donors (Lipinski definition) is 0. The highest BCUT2D eigenvalue weighted by molar-refractivity contribution is 6.02. The first-order valence-corrected chi connectivity index (χ1v) is 8.19. The van der Waals surface area contributed by atoms with E-state index in [9.17, 15) is 4.79 Å². The third kappa shape index (κ3) is 2.46. The van der Waals surface area contributed by atoms with E-state index in [1.807, 2.05) is 56.3 Å². The minimum absolute atomic E-state index is 0.182. The predicted molar refractivity (Wildman–Crippen MR) is 93.7 cm³/mol. The van der Waals surface area contributed by atoms with Gasteiger partial charge in [0.15, 0.2) is 5.78 Å². The number of carbonyl (C=O) groups is 1. The Morgan fingerprint density at radius 3 is 2.79 bits per heavy atom. The zero-order valence-electron chi connectivity index (χ0n) is 13.9. The van der Waals surface area contributed by atoms with Gasteiger partial charge in [0.05, 0.1) is 6.20 Å². The van der Waals surface area contributed by atoms with E-state index in [2.05, 4.69) is 4.98 Å². The molecule has 1 aliphatic carbocycles. The summed E-state index contributed by atoms with van der Waals surface area (Å²) in [6.07, 6.45) is 6.67. The summed E-state index contributed by atoms with van der Waals surface area (Å²) < 4.78 is 6.10. The Balaban J connectivity index is 1.64. The average Bonchev–Trinajstić information content (AvgIpc) is 3.02. The van der Waals surface area contributed by atoms with Gasteiger partial charge in [-0.05, 0) is 42.7 Å². The lowest BCUT2D eigenvalue weighted by Crippen LogP contribution is -2.33. The molecule has 2 aromatic rings. The lowest BCUT2D eigenvalue weighted by molar-refractivity contribution is -0.115. The first kappa shape index (κ1) is 14.9. The summed E-state index contributed by atoms with van der Waals surface area (Å²) in [6, 6.07) is 11.9. The number of ketones is 1. The van der Waals surface area contributed by atoms with Crippen LogP contribution in [0.15, 0.2) is 66.0 Å². The van der Waals surface area contributed by atoms with Crippen molar-refractivity contribution in [2.75, 3.05) is 0 Å². The summed E-state index contributed by atoms with van der Waals surface area (Å²) >= 11 is 0. The van der Waals surface area contributed by atoms with Gasteiger partial charge < -0.3 is 4.74 Å². The first-order chi connectivity index (χ1) is 11.5. The lowest BCUT2D eigenvalue weighted by atomic mass is 9.88. The van der Waals surface area contributed by atoms with Crippen LogP contribution >= 0.6 is 0 Å². The van der Waals surface area contributed by atoms with Gasteiger partial charge in [-0.3, -0.25) is 9.78 Å². The van der Waals surface area contributed by atoms with Gasteiger partial charge >= 0.3 is 0 Å². The Bertz CT molecular complexity index is 876. The molecule has 0 radical (unpaired) electrons. The fourth-order valence-electron chi connectivity index (χ4n) is 3.49. The molecule has 0 atom stereocenters. The Hall–Kier alpha value is -2.68.